The number of nitrogens with zero attached hydrogens (tertiary/aromatic N) is 1. The molecule has 1 saturated carbocycles. The minimum Gasteiger partial charge on any atom is -0.355 e. The number of hydrogen-bond donors (Lipinski definition) is 3. The number of carbonyl (C=O) groups excluding carboxylic acids is 1. The van der Waals surface area contributed by atoms with Crippen LogP contribution in [0.4, 0.5) is 0 Å². The summed E-state index contributed by atoms with van der Waals surface area (Å²) < 4.78 is 0. The number of hydrogen-bond acceptors (Lipinski definition) is 2. The van der Waals surface area contributed by atoms with E-state index in [1.165, 1.54) is 32.1 Å². The van der Waals surface area contributed by atoms with Crippen LogP contribution in [0.3, 0.4) is 0 Å². The molecule has 5 heteroatoms. The number of amides is 1. The number of nitrogens with one attached hydrogen (secondary N) is 3. The number of carbonyl (C=O) groups is 1. The lowest BCUT2D eigenvalue weighted by molar-refractivity contribution is -0.128. The lowest BCUT2D eigenvalue weighted by Gasteiger charge is -2.30. The molecule has 1 amide bonds. The van der Waals surface area contributed by atoms with Crippen LogP contribution in [0.1, 0.15) is 59.8 Å². The molecule has 3 N–H and O–H groups in total. The Kier molecular flexibility index (Phi) is 7.69. The van der Waals surface area contributed by atoms with Gasteiger partial charge in [0.05, 0.1) is 0 Å². The molecule has 1 fully saturated rings. The van der Waals surface area contributed by atoms with E-state index in [0.29, 0.717) is 19.1 Å². The summed E-state index contributed by atoms with van der Waals surface area (Å²) in [7, 11) is 1.79. The van der Waals surface area contributed by atoms with Gasteiger partial charge in [-0.15, -0.1) is 0 Å². The van der Waals surface area contributed by atoms with Gasteiger partial charge < -0.3 is 16.0 Å². The quantitative estimate of drug-likeness (QED) is 0.415. The van der Waals surface area contributed by atoms with Crippen LogP contribution in [0, 0.1) is 11.3 Å². The second-order valence-electron chi connectivity index (χ2n) is 7.29. The second-order valence-corrected chi connectivity index (χ2v) is 7.29. The van der Waals surface area contributed by atoms with Gasteiger partial charge in [0.25, 0.3) is 0 Å². The molecule has 0 spiro atoms. The zero-order valence-corrected chi connectivity index (χ0v) is 15.0. The Labute approximate surface area is 135 Å². The summed E-state index contributed by atoms with van der Waals surface area (Å²) in [6, 6.07) is 0.522. The van der Waals surface area contributed by atoms with Gasteiger partial charge in [-0.1, -0.05) is 47.0 Å². The maximum absolute atomic E-state index is 11.8. The minimum atomic E-state index is -0.336. The van der Waals surface area contributed by atoms with Crippen LogP contribution < -0.4 is 16.0 Å². The lowest BCUT2D eigenvalue weighted by Crippen LogP contribution is -2.47. The Morgan fingerprint density at radius 2 is 1.86 bits per heavy atom. The number of guanidine groups is 1. The smallest absolute Gasteiger partial charge is 0.225 e. The van der Waals surface area contributed by atoms with Crippen molar-refractivity contribution in [3.05, 3.63) is 0 Å². The first-order valence-electron chi connectivity index (χ1n) is 8.62. The largest absolute Gasteiger partial charge is 0.355 e. The molecule has 1 rings (SSSR count). The van der Waals surface area contributed by atoms with E-state index in [1.54, 1.807) is 7.05 Å². The predicted molar refractivity (Wildman–Crippen MR) is 93.0 cm³/mol. The van der Waals surface area contributed by atoms with Gasteiger partial charge in [0.2, 0.25) is 5.91 Å². The van der Waals surface area contributed by atoms with Crippen LogP contribution in [0.25, 0.3) is 0 Å². The average molecular weight is 310 g/mol. The van der Waals surface area contributed by atoms with Crippen molar-refractivity contribution in [1.29, 1.82) is 0 Å². The fraction of sp³-hybridized carbons (Fsp3) is 0.882. The van der Waals surface area contributed by atoms with Gasteiger partial charge in [0.15, 0.2) is 5.96 Å². The summed E-state index contributed by atoms with van der Waals surface area (Å²) in [6.07, 6.45) is 6.38. The molecular weight excluding hydrogens is 276 g/mol. The summed E-state index contributed by atoms with van der Waals surface area (Å²) in [5.41, 5.74) is -0.336. The molecule has 0 saturated heterocycles. The first-order chi connectivity index (χ1) is 10.4. The van der Waals surface area contributed by atoms with Gasteiger partial charge in [-0.25, -0.2) is 0 Å². The van der Waals surface area contributed by atoms with Crippen molar-refractivity contribution < 1.29 is 4.79 Å². The maximum atomic E-state index is 11.8. The van der Waals surface area contributed by atoms with E-state index in [-0.39, 0.29) is 11.3 Å². The highest BCUT2D eigenvalue weighted by Crippen LogP contribution is 2.26. The molecule has 5 nitrogen and oxygen atoms in total. The van der Waals surface area contributed by atoms with Crippen molar-refractivity contribution >= 4 is 11.9 Å². The van der Waals surface area contributed by atoms with Crippen molar-refractivity contribution in [3.63, 3.8) is 0 Å². The fourth-order valence-electron chi connectivity index (χ4n) is 2.80. The van der Waals surface area contributed by atoms with Crippen molar-refractivity contribution in [2.24, 2.45) is 16.3 Å². The summed E-state index contributed by atoms with van der Waals surface area (Å²) >= 11 is 0. The molecule has 128 valence electrons. The van der Waals surface area contributed by atoms with Gasteiger partial charge in [-0.3, -0.25) is 9.79 Å². The second kappa shape index (κ2) is 9.01. The van der Waals surface area contributed by atoms with Crippen molar-refractivity contribution in [2.45, 2.75) is 65.8 Å². The molecule has 1 aliphatic carbocycles. The summed E-state index contributed by atoms with van der Waals surface area (Å²) in [4.78, 5) is 16.1. The summed E-state index contributed by atoms with van der Waals surface area (Å²) in [5, 5.41) is 9.73. The van der Waals surface area contributed by atoms with Gasteiger partial charge in [-0.05, 0) is 18.8 Å². The van der Waals surface area contributed by atoms with E-state index in [4.69, 9.17) is 0 Å². The molecule has 0 heterocycles. The zero-order chi connectivity index (χ0) is 16.6. The van der Waals surface area contributed by atoms with Crippen LogP contribution >= 0.6 is 0 Å². The van der Waals surface area contributed by atoms with E-state index >= 15 is 0 Å². The van der Waals surface area contributed by atoms with E-state index < -0.39 is 0 Å². The number of rotatable bonds is 5. The predicted octanol–water partition coefficient (Wildman–Crippen LogP) is 2.28. The average Bonchev–Trinajstić information content (AvgIpc) is 2.49. The first kappa shape index (κ1) is 18.8. The molecule has 0 aromatic rings. The Bertz CT molecular complexity index is 373. The fourth-order valence-corrected chi connectivity index (χ4v) is 2.80. The third-order valence-corrected chi connectivity index (χ3v) is 4.31. The van der Waals surface area contributed by atoms with Gasteiger partial charge in [0, 0.05) is 31.6 Å². The van der Waals surface area contributed by atoms with Crippen molar-refractivity contribution in [2.75, 3.05) is 20.1 Å². The van der Waals surface area contributed by atoms with E-state index in [0.717, 1.165) is 11.9 Å². The molecule has 2 atom stereocenters. The first-order valence-corrected chi connectivity index (χ1v) is 8.62. The van der Waals surface area contributed by atoms with E-state index in [1.807, 2.05) is 20.8 Å². The third kappa shape index (κ3) is 6.67. The molecule has 0 aromatic carbocycles. The van der Waals surface area contributed by atoms with Crippen LogP contribution in [0.2, 0.25) is 0 Å². The van der Waals surface area contributed by atoms with E-state index in [2.05, 4.69) is 27.9 Å². The summed E-state index contributed by atoms with van der Waals surface area (Å²) in [5.74, 6) is 1.76. The third-order valence-electron chi connectivity index (χ3n) is 4.31. The van der Waals surface area contributed by atoms with Crippen LogP contribution in [-0.2, 0) is 4.79 Å². The molecule has 1 aliphatic rings. The highest BCUT2D eigenvalue weighted by molar-refractivity contribution is 5.82. The molecule has 0 bridgehead atoms. The standard InChI is InChI=1S/C17H34N4O/c1-6-13-8-7-9-14(12-13)21-16(18-5)20-11-10-19-15(22)17(2,3)4/h13-14H,6-12H2,1-5H3,(H,19,22)(H2,18,20,21). The molecule has 0 radical (unpaired) electrons. The van der Waals surface area contributed by atoms with Crippen LogP contribution in [0.5, 0.6) is 0 Å². The summed E-state index contributed by atoms with van der Waals surface area (Å²) in [6.45, 7) is 9.33. The zero-order valence-electron chi connectivity index (χ0n) is 15.0. The highest BCUT2D eigenvalue weighted by atomic mass is 16.2. The minimum absolute atomic E-state index is 0.0790. The van der Waals surface area contributed by atoms with Crippen LogP contribution in [0.15, 0.2) is 4.99 Å². The monoisotopic (exact) mass is 310 g/mol. The van der Waals surface area contributed by atoms with E-state index in [9.17, 15) is 4.79 Å². The lowest BCUT2D eigenvalue weighted by atomic mass is 9.84. The highest BCUT2D eigenvalue weighted by Gasteiger charge is 2.22. The maximum Gasteiger partial charge on any atom is 0.225 e. The number of aliphatic imine (C=N–C) groups is 1. The Balaban J connectivity index is 2.27. The Morgan fingerprint density at radius 1 is 1.18 bits per heavy atom. The molecular formula is C17H34N4O. The van der Waals surface area contributed by atoms with Gasteiger partial charge >= 0.3 is 0 Å². The molecule has 22 heavy (non-hydrogen) atoms. The van der Waals surface area contributed by atoms with Crippen LogP contribution in [-0.4, -0.2) is 38.0 Å². The Morgan fingerprint density at radius 3 is 2.45 bits per heavy atom. The normalized spacial score (nSPS) is 23.0. The molecule has 0 aromatic heterocycles. The molecule has 0 aliphatic heterocycles. The topological polar surface area (TPSA) is 65.5 Å². The SMILES string of the molecule is CCC1CCCC(NC(=NC)NCCNC(=O)C(C)(C)C)C1. The van der Waals surface area contributed by atoms with Crippen molar-refractivity contribution in [1.82, 2.24) is 16.0 Å². The van der Waals surface area contributed by atoms with Crippen molar-refractivity contribution in [3.8, 4) is 0 Å². The Hall–Kier alpha value is -1.26. The van der Waals surface area contributed by atoms with Gasteiger partial charge in [-0.2, -0.15) is 0 Å². The molecule has 2 unspecified atom stereocenters. The van der Waals surface area contributed by atoms with Gasteiger partial charge in [0.1, 0.15) is 0 Å².